The van der Waals surface area contributed by atoms with Crippen LogP contribution >= 0.6 is 11.3 Å². The predicted molar refractivity (Wildman–Crippen MR) is 102 cm³/mol. The topological polar surface area (TPSA) is 15.3 Å². The average molecular weight is 330 g/mol. The van der Waals surface area contributed by atoms with Gasteiger partial charge in [0.1, 0.15) is 0 Å². The average Bonchev–Trinajstić information content (AvgIpc) is 3.32. The van der Waals surface area contributed by atoms with E-state index in [0.717, 1.165) is 17.0 Å². The summed E-state index contributed by atoms with van der Waals surface area (Å²) >= 11 is 1.74. The Kier molecular flexibility index (Phi) is 3.93. The van der Waals surface area contributed by atoms with Crippen LogP contribution in [0.5, 0.6) is 0 Å². The third kappa shape index (κ3) is 2.74. The zero-order chi connectivity index (χ0) is 16.4. The number of rotatable bonds is 4. The first kappa shape index (κ1) is 14.8. The summed E-state index contributed by atoms with van der Waals surface area (Å²) < 4.78 is 0. The van der Waals surface area contributed by atoms with E-state index < -0.39 is 0 Å². The molecule has 0 saturated heterocycles. The van der Waals surface area contributed by atoms with E-state index in [1.807, 2.05) is 24.3 Å². The molecule has 118 valence electrons. The lowest BCUT2D eigenvalue weighted by Crippen LogP contribution is -2.32. The summed E-state index contributed by atoms with van der Waals surface area (Å²) in [7, 11) is 0. The fraction of sp³-hybridized carbons (Fsp3) is 0.0476. The van der Waals surface area contributed by atoms with Gasteiger partial charge in [-0.25, -0.2) is 0 Å². The van der Waals surface area contributed by atoms with Gasteiger partial charge in [0.25, 0.3) is 0 Å². The van der Waals surface area contributed by atoms with E-state index in [1.165, 1.54) is 10.4 Å². The van der Waals surface area contributed by atoms with Gasteiger partial charge in [0, 0.05) is 0 Å². The van der Waals surface area contributed by atoms with Gasteiger partial charge in [-0.3, -0.25) is 10.4 Å². The number of benzene rings is 2. The maximum atomic E-state index is 4.33. The summed E-state index contributed by atoms with van der Waals surface area (Å²) in [6.45, 7) is 4.33. The molecule has 3 aromatic rings. The maximum absolute atomic E-state index is 4.33. The largest absolute Gasteiger partial charge is 0.296 e. The molecule has 24 heavy (non-hydrogen) atoms. The van der Waals surface area contributed by atoms with Crippen molar-refractivity contribution in [3.8, 4) is 0 Å². The molecule has 0 bridgehead atoms. The second-order valence-corrected chi connectivity index (χ2v) is 6.66. The Morgan fingerprint density at radius 2 is 1.62 bits per heavy atom. The van der Waals surface area contributed by atoms with E-state index >= 15 is 0 Å². The van der Waals surface area contributed by atoms with Gasteiger partial charge in [-0.2, -0.15) is 0 Å². The van der Waals surface area contributed by atoms with Gasteiger partial charge in [0.2, 0.25) is 0 Å². The van der Waals surface area contributed by atoms with Gasteiger partial charge in [0.15, 0.2) is 0 Å². The van der Waals surface area contributed by atoms with Crippen LogP contribution in [-0.4, -0.2) is 5.01 Å². The molecule has 0 amide bonds. The summed E-state index contributed by atoms with van der Waals surface area (Å²) in [5.74, 6) is 0. The SMILES string of the molecule is C=C(c1ccccc1)N1NC(c2cccs2)=CC1c1ccccc1. The van der Waals surface area contributed by atoms with Gasteiger partial charge < -0.3 is 0 Å². The number of thiophene rings is 1. The third-order valence-corrected chi connectivity index (χ3v) is 5.07. The molecule has 1 atom stereocenters. The fourth-order valence-corrected chi connectivity index (χ4v) is 3.64. The van der Waals surface area contributed by atoms with Gasteiger partial charge in [0.05, 0.1) is 22.3 Å². The highest BCUT2D eigenvalue weighted by Crippen LogP contribution is 2.36. The molecule has 0 fully saturated rings. The van der Waals surface area contributed by atoms with Crippen LogP contribution in [0.4, 0.5) is 0 Å². The molecule has 1 N–H and O–H groups in total. The zero-order valence-corrected chi connectivity index (χ0v) is 14.0. The van der Waals surface area contributed by atoms with E-state index in [2.05, 4.69) is 77.0 Å². The summed E-state index contributed by atoms with van der Waals surface area (Å²) in [6, 6.07) is 25.2. The van der Waals surface area contributed by atoms with Crippen LogP contribution in [0.2, 0.25) is 0 Å². The van der Waals surface area contributed by atoms with Crippen molar-refractivity contribution in [1.29, 1.82) is 0 Å². The van der Waals surface area contributed by atoms with Crippen LogP contribution in [0.25, 0.3) is 11.4 Å². The van der Waals surface area contributed by atoms with Crippen LogP contribution in [0.3, 0.4) is 0 Å². The highest BCUT2D eigenvalue weighted by atomic mass is 32.1. The molecule has 2 nitrogen and oxygen atoms in total. The molecule has 2 aromatic carbocycles. The number of hydrazine groups is 1. The van der Waals surface area contributed by atoms with Crippen molar-refractivity contribution in [3.63, 3.8) is 0 Å². The molecule has 1 aliphatic rings. The summed E-state index contributed by atoms with van der Waals surface area (Å²) in [4.78, 5) is 1.24. The molecule has 1 aromatic heterocycles. The molecule has 2 heterocycles. The molecule has 0 saturated carbocycles. The summed E-state index contributed by atoms with van der Waals surface area (Å²) in [5, 5.41) is 4.25. The smallest absolute Gasteiger partial charge is 0.0958 e. The van der Waals surface area contributed by atoms with Crippen molar-refractivity contribution in [1.82, 2.24) is 10.4 Å². The van der Waals surface area contributed by atoms with Gasteiger partial charge in [-0.1, -0.05) is 73.3 Å². The van der Waals surface area contributed by atoms with Crippen molar-refractivity contribution < 1.29 is 0 Å². The van der Waals surface area contributed by atoms with Crippen molar-refractivity contribution in [3.05, 3.63) is 107 Å². The number of nitrogens with one attached hydrogen (secondary N) is 1. The van der Waals surface area contributed by atoms with E-state index in [1.54, 1.807) is 11.3 Å². The zero-order valence-electron chi connectivity index (χ0n) is 13.2. The standard InChI is InChI=1S/C21H18N2S/c1-16(17-9-4-2-5-10-17)23-20(18-11-6-3-7-12-18)15-19(22-23)21-13-8-14-24-21/h2-15,20,22H,1H2. The van der Waals surface area contributed by atoms with Gasteiger partial charge in [-0.05, 0) is 28.6 Å². The second kappa shape index (κ2) is 6.38. The molecule has 0 spiro atoms. The normalized spacial score (nSPS) is 16.6. The Labute approximate surface area is 146 Å². The van der Waals surface area contributed by atoms with E-state index in [-0.39, 0.29) is 6.04 Å². The van der Waals surface area contributed by atoms with Crippen LogP contribution < -0.4 is 5.43 Å². The minimum Gasteiger partial charge on any atom is -0.296 e. The minimum atomic E-state index is 0.121. The van der Waals surface area contributed by atoms with Crippen LogP contribution in [0.15, 0.2) is 90.8 Å². The number of hydrogen-bond donors (Lipinski definition) is 1. The quantitative estimate of drug-likeness (QED) is 0.696. The molecule has 3 heteroatoms. The third-order valence-electron chi connectivity index (χ3n) is 4.17. The Morgan fingerprint density at radius 1 is 0.917 bits per heavy atom. The van der Waals surface area contributed by atoms with E-state index in [0.29, 0.717) is 0 Å². The van der Waals surface area contributed by atoms with E-state index in [4.69, 9.17) is 0 Å². The number of hydrogen-bond acceptors (Lipinski definition) is 3. The summed E-state index contributed by atoms with van der Waals surface area (Å²) in [5.41, 5.74) is 8.01. The first-order valence-electron chi connectivity index (χ1n) is 7.94. The lowest BCUT2D eigenvalue weighted by atomic mass is 10.0. The summed E-state index contributed by atoms with van der Waals surface area (Å²) in [6.07, 6.45) is 2.27. The molecule has 0 radical (unpaired) electrons. The molecule has 1 unspecified atom stereocenters. The number of nitrogens with zero attached hydrogens (tertiary/aromatic N) is 1. The van der Waals surface area contributed by atoms with Crippen molar-refractivity contribution in [2.45, 2.75) is 6.04 Å². The lowest BCUT2D eigenvalue weighted by molar-refractivity contribution is 0.322. The Hall–Kier alpha value is -2.78. The minimum absolute atomic E-state index is 0.121. The molecule has 0 aliphatic carbocycles. The first-order valence-corrected chi connectivity index (χ1v) is 8.82. The maximum Gasteiger partial charge on any atom is 0.0958 e. The Morgan fingerprint density at radius 3 is 2.29 bits per heavy atom. The molecule has 1 aliphatic heterocycles. The van der Waals surface area contributed by atoms with Crippen molar-refractivity contribution >= 4 is 22.7 Å². The Bertz CT molecular complexity index is 851. The lowest BCUT2D eigenvalue weighted by Gasteiger charge is -2.29. The van der Waals surface area contributed by atoms with E-state index in [9.17, 15) is 0 Å². The second-order valence-electron chi connectivity index (χ2n) is 5.71. The first-order chi connectivity index (χ1) is 11.8. The monoisotopic (exact) mass is 330 g/mol. The molecular formula is C21H18N2S. The van der Waals surface area contributed by atoms with Crippen LogP contribution in [0, 0.1) is 0 Å². The van der Waals surface area contributed by atoms with Crippen LogP contribution in [0.1, 0.15) is 22.0 Å². The fourth-order valence-electron chi connectivity index (χ4n) is 2.94. The molecule has 4 rings (SSSR count). The molecular weight excluding hydrogens is 312 g/mol. The van der Waals surface area contributed by atoms with Crippen molar-refractivity contribution in [2.75, 3.05) is 0 Å². The Balaban J connectivity index is 1.71. The van der Waals surface area contributed by atoms with Crippen molar-refractivity contribution in [2.24, 2.45) is 0 Å². The van der Waals surface area contributed by atoms with Gasteiger partial charge >= 0.3 is 0 Å². The van der Waals surface area contributed by atoms with Gasteiger partial charge in [-0.15, -0.1) is 11.3 Å². The van der Waals surface area contributed by atoms with Crippen LogP contribution in [-0.2, 0) is 0 Å². The predicted octanol–water partition coefficient (Wildman–Crippen LogP) is 5.32. The highest BCUT2D eigenvalue weighted by molar-refractivity contribution is 7.11. The highest BCUT2D eigenvalue weighted by Gasteiger charge is 2.28.